The molecule has 0 radical (unpaired) electrons. The van der Waals surface area contributed by atoms with E-state index in [2.05, 4.69) is 6.92 Å². The molecule has 1 aromatic carbocycles. The third-order valence-corrected chi connectivity index (χ3v) is 5.28. The molecule has 3 nitrogen and oxygen atoms in total. The van der Waals surface area contributed by atoms with Crippen LogP contribution in [0.5, 0.6) is 0 Å². The molecule has 1 heterocycles. The Hall–Kier alpha value is -1.90. The zero-order valence-electron chi connectivity index (χ0n) is 17.0. The maximum absolute atomic E-state index is 12.4. The third-order valence-electron chi connectivity index (χ3n) is 5.28. The molecular formula is C24H34O3. The Morgan fingerprint density at radius 1 is 0.852 bits per heavy atom. The van der Waals surface area contributed by atoms with Gasteiger partial charge < -0.3 is 4.42 Å². The lowest BCUT2D eigenvalue weighted by Gasteiger charge is -2.05. The van der Waals surface area contributed by atoms with E-state index < -0.39 is 0 Å². The maximum atomic E-state index is 12.4. The number of hydrogen-bond acceptors (Lipinski definition) is 3. The Kier molecular flexibility index (Phi) is 9.30. The molecule has 0 aliphatic rings. The fourth-order valence-corrected chi connectivity index (χ4v) is 3.59. The zero-order chi connectivity index (χ0) is 19.5. The minimum Gasteiger partial charge on any atom is -0.423 e. The average molecular weight is 371 g/mol. The standard InChI is InChI=1S/C24H34O3/c1-3-4-5-6-7-8-9-10-11-12-13-14-22(25)20-15-16-21-19(2)17-24(26)27-23(21)18-20/h15-18H,3-14H2,1-2H3. The van der Waals surface area contributed by atoms with Crippen LogP contribution in [-0.4, -0.2) is 5.78 Å². The molecule has 0 fully saturated rings. The number of benzene rings is 1. The number of carbonyl (C=O) groups excluding carboxylic acids is 1. The van der Waals surface area contributed by atoms with E-state index >= 15 is 0 Å². The van der Waals surface area contributed by atoms with Gasteiger partial charge in [-0.25, -0.2) is 4.79 Å². The van der Waals surface area contributed by atoms with Crippen LogP contribution in [0.1, 0.15) is 99.9 Å². The van der Waals surface area contributed by atoms with Crippen LogP contribution in [0.2, 0.25) is 0 Å². The summed E-state index contributed by atoms with van der Waals surface area (Å²) < 4.78 is 5.24. The number of rotatable bonds is 13. The molecule has 148 valence electrons. The van der Waals surface area contributed by atoms with Crippen LogP contribution >= 0.6 is 0 Å². The molecule has 0 saturated heterocycles. The van der Waals surface area contributed by atoms with Crippen LogP contribution in [0.3, 0.4) is 0 Å². The minimum atomic E-state index is -0.366. The summed E-state index contributed by atoms with van der Waals surface area (Å²) in [5.74, 6) is 0.136. The fourth-order valence-electron chi connectivity index (χ4n) is 3.59. The molecule has 27 heavy (non-hydrogen) atoms. The van der Waals surface area contributed by atoms with Gasteiger partial charge in [-0.2, -0.15) is 0 Å². The molecule has 0 bridgehead atoms. The van der Waals surface area contributed by atoms with Gasteiger partial charge in [-0.1, -0.05) is 83.3 Å². The van der Waals surface area contributed by atoms with Gasteiger partial charge in [0, 0.05) is 23.4 Å². The molecule has 0 N–H and O–H groups in total. The molecule has 0 unspecified atom stereocenters. The van der Waals surface area contributed by atoms with Crippen LogP contribution in [-0.2, 0) is 0 Å². The first-order valence-electron chi connectivity index (χ1n) is 10.7. The first-order chi connectivity index (χ1) is 13.1. The Morgan fingerprint density at radius 3 is 2.07 bits per heavy atom. The van der Waals surface area contributed by atoms with Crippen molar-refractivity contribution in [2.45, 2.75) is 90.9 Å². The summed E-state index contributed by atoms with van der Waals surface area (Å²) in [6.45, 7) is 4.13. The van der Waals surface area contributed by atoms with Gasteiger partial charge in [0.1, 0.15) is 5.58 Å². The molecule has 0 aliphatic heterocycles. The first-order valence-corrected chi connectivity index (χ1v) is 10.7. The highest BCUT2D eigenvalue weighted by Gasteiger charge is 2.09. The summed E-state index contributed by atoms with van der Waals surface area (Å²) >= 11 is 0. The number of ketones is 1. The number of hydrogen-bond donors (Lipinski definition) is 0. The molecular weight excluding hydrogens is 336 g/mol. The molecule has 2 aromatic rings. The lowest BCUT2D eigenvalue weighted by atomic mass is 10.0. The Balaban J connectivity index is 1.65. The van der Waals surface area contributed by atoms with Gasteiger partial charge in [0.15, 0.2) is 5.78 Å². The highest BCUT2D eigenvalue weighted by atomic mass is 16.4. The van der Waals surface area contributed by atoms with Gasteiger partial charge >= 0.3 is 5.63 Å². The van der Waals surface area contributed by atoms with Crippen molar-refractivity contribution in [2.75, 3.05) is 0 Å². The van der Waals surface area contributed by atoms with E-state index in [1.165, 1.54) is 63.9 Å². The Morgan fingerprint density at radius 2 is 1.44 bits per heavy atom. The van der Waals surface area contributed by atoms with Crippen LogP contribution in [0.25, 0.3) is 11.0 Å². The molecule has 2 rings (SSSR count). The second-order valence-corrected chi connectivity index (χ2v) is 7.67. The van der Waals surface area contributed by atoms with Gasteiger partial charge in [0.05, 0.1) is 0 Å². The van der Waals surface area contributed by atoms with Crippen molar-refractivity contribution in [2.24, 2.45) is 0 Å². The number of aryl methyl sites for hydroxylation is 1. The summed E-state index contributed by atoms with van der Waals surface area (Å²) in [6.07, 6.45) is 14.6. The van der Waals surface area contributed by atoms with E-state index in [1.54, 1.807) is 6.07 Å². The molecule has 0 atom stereocenters. The topological polar surface area (TPSA) is 47.3 Å². The van der Waals surface area contributed by atoms with E-state index in [-0.39, 0.29) is 11.4 Å². The largest absolute Gasteiger partial charge is 0.423 e. The van der Waals surface area contributed by atoms with Crippen molar-refractivity contribution in [1.29, 1.82) is 0 Å². The monoisotopic (exact) mass is 370 g/mol. The first kappa shape index (κ1) is 21.4. The summed E-state index contributed by atoms with van der Waals surface area (Å²) in [5, 5.41) is 0.890. The van der Waals surface area contributed by atoms with Crippen molar-refractivity contribution in [3.05, 3.63) is 45.8 Å². The second-order valence-electron chi connectivity index (χ2n) is 7.67. The van der Waals surface area contributed by atoms with E-state index in [4.69, 9.17) is 4.42 Å². The predicted octanol–water partition coefficient (Wildman–Crippen LogP) is 6.99. The van der Waals surface area contributed by atoms with E-state index in [1.807, 2.05) is 19.1 Å². The summed E-state index contributed by atoms with van der Waals surface area (Å²) in [5.41, 5.74) is 1.66. The maximum Gasteiger partial charge on any atom is 0.336 e. The number of unbranched alkanes of at least 4 members (excludes halogenated alkanes) is 10. The SMILES string of the molecule is CCCCCCCCCCCCCC(=O)c1ccc2c(C)cc(=O)oc2c1. The van der Waals surface area contributed by atoms with Crippen LogP contribution in [0.15, 0.2) is 33.5 Å². The smallest absolute Gasteiger partial charge is 0.336 e. The van der Waals surface area contributed by atoms with Crippen molar-refractivity contribution in [1.82, 2.24) is 0 Å². The Labute approximate surface area is 163 Å². The second kappa shape index (κ2) is 11.7. The average Bonchev–Trinajstić information content (AvgIpc) is 2.65. The summed E-state index contributed by atoms with van der Waals surface area (Å²) in [7, 11) is 0. The Bertz CT molecular complexity index is 773. The number of carbonyl (C=O) groups is 1. The fraction of sp³-hybridized carbons (Fsp3) is 0.583. The van der Waals surface area contributed by atoms with Crippen LogP contribution in [0.4, 0.5) is 0 Å². The van der Waals surface area contributed by atoms with Crippen molar-refractivity contribution in [3.8, 4) is 0 Å². The molecule has 1 aromatic heterocycles. The van der Waals surface area contributed by atoms with Gasteiger partial charge in [-0.15, -0.1) is 0 Å². The normalized spacial score (nSPS) is 11.2. The highest BCUT2D eigenvalue weighted by Crippen LogP contribution is 2.20. The van der Waals surface area contributed by atoms with Crippen LogP contribution < -0.4 is 5.63 Å². The third kappa shape index (κ3) is 7.32. The van der Waals surface area contributed by atoms with Crippen molar-refractivity contribution >= 4 is 16.8 Å². The molecule has 0 aliphatic carbocycles. The van der Waals surface area contributed by atoms with Crippen LogP contribution in [0, 0.1) is 6.92 Å². The van der Waals surface area contributed by atoms with E-state index in [0.29, 0.717) is 17.6 Å². The number of Topliss-reactive ketones (excluding diaryl/α,β-unsaturated/α-hetero) is 1. The van der Waals surface area contributed by atoms with E-state index in [0.717, 1.165) is 23.8 Å². The zero-order valence-corrected chi connectivity index (χ0v) is 17.0. The quantitative estimate of drug-likeness (QED) is 0.217. The molecule has 0 saturated carbocycles. The van der Waals surface area contributed by atoms with Gasteiger partial charge in [0.2, 0.25) is 0 Å². The van der Waals surface area contributed by atoms with Gasteiger partial charge in [-0.3, -0.25) is 4.79 Å². The van der Waals surface area contributed by atoms with Crippen molar-refractivity contribution in [3.63, 3.8) is 0 Å². The predicted molar refractivity (Wildman–Crippen MR) is 113 cm³/mol. The number of fused-ring (bicyclic) bond motifs is 1. The molecule has 0 amide bonds. The van der Waals surface area contributed by atoms with Gasteiger partial charge in [0.25, 0.3) is 0 Å². The minimum absolute atomic E-state index is 0.136. The van der Waals surface area contributed by atoms with E-state index in [9.17, 15) is 9.59 Å². The lowest BCUT2D eigenvalue weighted by molar-refractivity contribution is 0.0979. The molecule has 0 spiro atoms. The van der Waals surface area contributed by atoms with Crippen molar-refractivity contribution < 1.29 is 9.21 Å². The summed E-state index contributed by atoms with van der Waals surface area (Å²) in [4.78, 5) is 23.9. The van der Waals surface area contributed by atoms with Gasteiger partial charge in [-0.05, 0) is 25.0 Å². The molecule has 3 heteroatoms. The highest BCUT2D eigenvalue weighted by molar-refractivity contribution is 5.99. The summed E-state index contributed by atoms with van der Waals surface area (Å²) in [6, 6.07) is 6.91. The lowest BCUT2D eigenvalue weighted by Crippen LogP contribution is -2.01.